The summed E-state index contributed by atoms with van der Waals surface area (Å²) in [6, 6.07) is -0.579. The molecule has 0 aliphatic rings. The number of carbonyl (C=O) groups excluding carboxylic acids is 1. The summed E-state index contributed by atoms with van der Waals surface area (Å²) in [4.78, 5) is 10.5. The second kappa shape index (κ2) is 5.82. The summed E-state index contributed by atoms with van der Waals surface area (Å²) < 4.78 is 3.91. The van der Waals surface area contributed by atoms with E-state index in [4.69, 9.17) is 17.6 Å². The van der Waals surface area contributed by atoms with Crippen LogP contribution in [0.4, 0.5) is 0 Å². The Morgan fingerprint density at radius 3 is 2.90 bits per heavy atom. The molecule has 0 saturated carbocycles. The first-order chi connectivity index (χ1) is 4.72. The normalized spacial score (nSPS) is 12.7. The molecule has 0 amide bonds. The third kappa shape index (κ3) is 3.98. The second-order valence-corrected chi connectivity index (χ2v) is 2.92. The number of halogens is 1. The number of hydrogen-bond donors (Lipinski definition) is 1. The van der Waals surface area contributed by atoms with E-state index in [1.807, 2.05) is 6.26 Å². The monoisotopic (exact) mass is 183 g/mol. The number of hydrogen-bond acceptors (Lipinski definition) is 4. The van der Waals surface area contributed by atoms with Gasteiger partial charge in [0, 0.05) is 0 Å². The van der Waals surface area contributed by atoms with E-state index in [0.717, 1.165) is 5.75 Å². The van der Waals surface area contributed by atoms with E-state index in [1.165, 1.54) is 0 Å². The van der Waals surface area contributed by atoms with E-state index in [2.05, 4.69) is 4.29 Å². The van der Waals surface area contributed by atoms with Crippen LogP contribution >= 0.6 is 23.6 Å². The molecule has 0 aliphatic heterocycles. The Balaban J connectivity index is 3.41. The fourth-order valence-corrected chi connectivity index (χ4v) is 1.02. The molecule has 5 heteroatoms. The van der Waals surface area contributed by atoms with Crippen molar-refractivity contribution < 1.29 is 9.08 Å². The van der Waals surface area contributed by atoms with Gasteiger partial charge in [0.2, 0.25) is 0 Å². The van der Waals surface area contributed by atoms with Gasteiger partial charge in [0.05, 0.1) is 0 Å². The van der Waals surface area contributed by atoms with Crippen molar-refractivity contribution in [3.05, 3.63) is 0 Å². The van der Waals surface area contributed by atoms with Crippen LogP contribution in [0, 0.1) is 0 Å². The zero-order valence-electron chi connectivity index (χ0n) is 5.67. The van der Waals surface area contributed by atoms with Gasteiger partial charge in [0.25, 0.3) is 0 Å². The topological polar surface area (TPSA) is 52.3 Å². The van der Waals surface area contributed by atoms with Crippen LogP contribution in [0.25, 0.3) is 0 Å². The van der Waals surface area contributed by atoms with Crippen LogP contribution in [0.1, 0.15) is 6.42 Å². The lowest BCUT2D eigenvalue weighted by molar-refractivity contribution is -0.135. The van der Waals surface area contributed by atoms with E-state index < -0.39 is 12.0 Å². The Labute approximate surface area is 69.4 Å². The van der Waals surface area contributed by atoms with Crippen LogP contribution in [-0.4, -0.2) is 24.0 Å². The zero-order valence-corrected chi connectivity index (χ0v) is 7.24. The number of rotatable bonds is 4. The summed E-state index contributed by atoms with van der Waals surface area (Å²) in [5, 5.41) is 0. The molecule has 0 aromatic rings. The van der Waals surface area contributed by atoms with Crippen molar-refractivity contribution in [3.63, 3.8) is 0 Å². The minimum atomic E-state index is -0.579. The van der Waals surface area contributed by atoms with E-state index in [-0.39, 0.29) is 0 Å². The van der Waals surface area contributed by atoms with E-state index in [1.54, 1.807) is 11.8 Å². The van der Waals surface area contributed by atoms with Crippen LogP contribution < -0.4 is 5.73 Å². The molecule has 0 radical (unpaired) electrons. The third-order valence-electron chi connectivity index (χ3n) is 1.01. The minimum absolute atomic E-state index is 0.560. The van der Waals surface area contributed by atoms with Crippen LogP contribution in [0.3, 0.4) is 0 Å². The Morgan fingerprint density at radius 1 is 1.90 bits per heavy atom. The van der Waals surface area contributed by atoms with E-state index >= 15 is 0 Å². The van der Waals surface area contributed by atoms with Gasteiger partial charge >= 0.3 is 5.97 Å². The molecule has 0 heterocycles. The summed E-state index contributed by atoms with van der Waals surface area (Å²) in [7, 11) is 0. The summed E-state index contributed by atoms with van der Waals surface area (Å²) in [6.45, 7) is 0. The number of carbonyl (C=O) groups is 1. The summed E-state index contributed by atoms with van der Waals surface area (Å²) in [5.41, 5.74) is 5.34. The summed E-state index contributed by atoms with van der Waals surface area (Å²) in [6.07, 6.45) is 2.55. The first-order valence-electron chi connectivity index (χ1n) is 2.79. The van der Waals surface area contributed by atoms with Gasteiger partial charge in [0.1, 0.15) is 17.9 Å². The molecule has 0 aliphatic carbocycles. The molecule has 1 atom stereocenters. The largest absolute Gasteiger partial charge is 0.346 e. The van der Waals surface area contributed by atoms with Gasteiger partial charge in [0.15, 0.2) is 0 Å². The maximum atomic E-state index is 10.5. The highest BCUT2D eigenvalue weighted by Crippen LogP contribution is 2.00. The molecule has 0 saturated heterocycles. The highest BCUT2D eigenvalue weighted by Gasteiger charge is 2.13. The number of nitrogens with two attached hydrogens (primary N) is 1. The molecule has 10 heavy (non-hydrogen) atoms. The second-order valence-electron chi connectivity index (χ2n) is 1.78. The van der Waals surface area contributed by atoms with Crippen LogP contribution in [0.2, 0.25) is 0 Å². The molecule has 3 nitrogen and oxygen atoms in total. The van der Waals surface area contributed by atoms with Crippen molar-refractivity contribution in [3.8, 4) is 0 Å². The van der Waals surface area contributed by atoms with Crippen LogP contribution in [-0.2, 0) is 9.08 Å². The average molecular weight is 184 g/mol. The first-order valence-corrected chi connectivity index (χ1v) is 4.49. The lowest BCUT2D eigenvalue weighted by atomic mass is 10.2. The van der Waals surface area contributed by atoms with Crippen molar-refractivity contribution in [1.82, 2.24) is 0 Å². The molecule has 0 rings (SSSR count). The quantitative estimate of drug-likeness (QED) is 0.700. The molecule has 0 bridgehead atoms. The Kier molecular flexibility index (Phi) is 5.87. The highest BCUT2D eigenvalue weighted by atomic mass is 35.5. The Bertz CT molecular complexity index is 112. The van der Waals surface area contributed by atoms with Gasteiger partial charge in [-0.05, 0) is 18.4 Å². The van der Waals surface area contributed by atoms with Crippen molar-refractivity contribution in [2.45, 2.75) is 12.5 Å². The van der Waals surface area contributed by atoms with Crippen molar-refractivity contribution >= 4 is 29.6 Å². The molecule has 0 fully saturated rings. The predicted octanol–water partition coefficient (Wildman–Crippen LogP) is 0.764. The molecule has 0 aromatic heterocycles. The molecule has 1 unspecified atom stereocenters. The van der Waals surface area contributed by atoms with Gasteiger partial charge in [-0.25, -0.2) is 4.79 Å². The summed E-state index contributed by atoms with van der Waals surface area (Å²) in [5.74, 6) is 0.281. The smallest absolute Gasteiger partial charge is 0.341 e. The number of thioether (sulfide) groups is 1. The lowest BCUT2D eigenvalue weighted by Crippen LogP contribution is -2.31. The highest BCUT2D eigenvalue weighted by molar-refractivity contribution is 7.98. The molecule has 2 N–H and O–H groups in total. The van der Waals surface area contributed by atoms with E-state index in [0.29, 0.717) is 6.42 Å². The maximum absolute atomic E-state index is 10.5. The van der Waals surface area contributed by atoms with Crippen LogP contribution in [0.5, 0.6) is 0 Å². The Hall–Kier alpha value is 0.0700. The molecule has 60 valence electrons. The van der Waals surface area contributed by atoms with Gasteiger partial charge < -0.3 is 10.0 Å². The third-order valence-corrected chi connectivity index (χ3v) is 1.81. The van der Waals surface area contributed by atoms with E-state index in [9.17, 15) is 4.79 Å². The predicted molar refractivity (Wildman–Crippen MR) is 42.9 cm³/mol. The fourth-order valence-electron chi connectivity index (χ4n) is 0.420. The van der Waals surface area contributed by atoms with Crippen molar-refractivity contribution in [2.75, 3.05) is 12.0 Å². The first kappa shape index (κ1) is 10.1. The molecular formula is C5H10ClNO2S. The fraction of sp³-hybridized carbons (Fsp3) is 0.800. The minimum Gasteiger partial charge on any atom is -0.346 e. The Morgan fingerprint density at radius 2 is 2.50 bits per heavy atom. The standard InChI is InChI=1S/C5H10ClNO2S/c1-10-3-2-4(7)5(8)9-6/h4H,2-3,7H2,1H3. The zero-order chi connectivity index (χ0) is 7.98. The van der Waals surface area contributed by atoms with Gasteiger partial charge in [-0.2, -0.15) is 11.8 Å². The SMILES string of the molecule is CSCCC(N)C(=O)OCl. The van der Waals surface area contributed by atoms with Crippen molar-refractivity contribution in [2.24, 2.45) is 5.73 Å². The summed E-state index contributed by atoms with van der Waals surface area (Å²) >= 11 is 6.42. The van der Waals surface area contributed by atoms with Gasteiger partial charge in [-0.15, -0.1) is 0 Å². The van der Waals surface area contributed by atoms with Gasteiger partial charge in [-0.3, -0.25) is 0 Å². The van der Waals surface area contributed by atoms with Gasteiger partial charge in [-0.1, -0.05) is 0 Å². The van der Waals surface area contributed by atoms with Crippen molar-refractivity contribution in [1.29, 1.82) is 0 Å². The molecular weight excluding hydrogens is 174 g/mol. The maximum Gasteiger partial charge on any atom is 0.341 e. The molecule has 0 aromatic carbocycles. The van der Waals surface area contributed by atoms with Crippen LogP contribution in [0.15, 0.2) is 0 Å². The molecule has 0 spiro atoms. The average Bonchev–Trinajstić information content (AvgIpc) is 1.98. The lowest BCUT2D eigenvalue weighted by Gasteiger charge is -2.04.